The second-order valence-electron chi connectivity index (χ2n) is 5.70. The van der Waals surface area contributed by atoms with Crippen molar-refractivity contribution in [2.75, 3.05) is 5.75 Å². The molecule has 1 saturated heterocycles. The summed E-state index contributed by atoms with van der Waals surface area (Å²) < 4.78 is 5.76. The molecule has 0 spiro atoms. The third-order valence-corrected chi connectivity index (χ3v) is 4.77. The van der Waals surface area contributed by atoms with Gasteiger partial charge in [0.1, 0.15) is 5.75 Å². The highest BCUT2D eigenvalue weighted by molar-refractivity contribution is 8.00. The molecule has 1 fully saturated rings. The Balaban J connectivity index is 1.96. The van der Waals surface area contributed by atoms with Gasteiger partial charge in [-0.1, -0.05) is 19.1 Å². The fraction of sp³-hybridized carbons (Fsp3) is 0.625. The molecule has 2 nitrogen and oxygen atoms in total. The summed E-state index contributed by atoms with van der Waals surface area (Å²) in [6.07, 6.45) is 1.50. The molecule has 3 heteroatoms. The van der Waals surface area contributed by atoms with Crippen molar-refractivity contribution in [1.82, 2.24) is 5.32 Å². The predicted molar refractivity (Wildman–Crippen MR) is 84.1 cm³/mol. The van der Waals surface area contributed by atoms with Gasteiger partial charge < -0.3 is 10.1 Å². The second-order valence-corrected chi connectivity index (χ2v) is 7.18. The van der Waals surface area contributed by atoms with Crippen molar-refractivity contribution in [3.8, 4) is 5.75 Å². The lowest BCUT2D eigenvalue weighted by molar-refractivity contribution is 0.242. The van der Waals surface area contributed by atoms with Crippen LogP contribution < -0.4 is 10.1 Å². The van der Waals surface area contributed by atoms with E-state index in [9.17, 15) is 0 Å². The zero-order chi connectivity index (χ0) is 13.8. The van der Waals surface area contributed by atoms with E-state index in [-0.39, 0.29) is 6.10 Å². The van der Waals surface area contributed by atoms with E-state index in [2.05, 4.69) is 63.0 Å². The molecule has 1 aromatic carbocycles. The van der Waals surface area contributed by atoms with Gasteiger partial charge in [0, 0.05) is 23.1 Å². The Labute approximate surface area is 121 Å². The molecule has 0 bridgehead atoms. The Bertz CT molecular complexity index is 407. The molecular weight excluding hydrogens is 254 g/mol. The Morgan fingerprint density at radius 1 is 1.32 bits per heavy atom. The lowest BCUT2D eigenvalue weighted by atomic mass is 10.1. The quantitative estimate of drug-likeness (QED) is 0.879. The molecule has 1 aliphatic heterocycles. The fourth-order valence-corrected chi connectivity index (χ4v) is 3.67. The third-order valence-electron chi connectivity index (χ3n) is 3.41. The number of ether oxygens (including phenoxy) is 1. The van der Waals surface area contributed by atoms with Gasteiger partial charge in [-0.25, -0.2) is 0 Å². The first-order chi connectivity index (χ1) is 9.04. The minimum absolute atomic E-state index is 0.227. The van der Waals surface area contributed by atoms with Crippen molar-refractivity contribution in [3.05, 3.63) is 29.8 Å². The lowest BCUT2D eigenvalue weighted by Crippen LogP contribution is -2.31. The van der Waals surface area contributed by atoms with Crippen LogP contribution >= 0.6 is 11.8 Å². The SMILES string of the molecule is CC(C)Oc1cccc(C(C)NC2CSC(C)C2)c1. The summed E-state index contributed by atoms with van der Waals surface area (Å²) in [5, 5.41) is 4.52. The van der Waals surface area contributed by atoms with Crippen LogP contribution in [0.4, 0.5) is 0 Å². The van der Waals surface area contributed by atoms with Crippen LogP contribution in [0, 0.1) is 0 Å². The van der Waals surface area contributed by atoms with Crippen LogP contribution in [-0.2, 0) is 0 Å². The fourth-order valence-electron chi connectivity index (χ4n) is 2.51. The van der Waals surface area contributed by atoms with Gasteiger partial charge in [0.25, 0.3) is 0 Å². The van der Waals surface area contributed by atoms with Gasteiger partial charge in [-0.05, 0) is 44.9 Å². The van der Waals surface area contributed by atoms with Gasteiger partial charge in [0.2, 0.25) is 0 Å². The zero-order valence-electron chi connectivity index (χ0n) is 12.3. The molecule has 2 rings (SSSR count). The number of hydrogen-bond donors (Lipinski definition) is 1. The number of benzene rings is 1. The highest BCUT2D eigenvalue weighted by Gasteiger charge is 2.23. The molecule has 106 valence electrons. The summed E-state index contributed by atoms with van der Waals surface area (Å²) in [7, 11) is 0. The number of thioether (sulfide) groups is 1. The average Bonchev–Trinajstić information content (AvgIpc) is 2.74. The smallest absolute Gasteiger partial charge is 0.120 e. The van der Waals surface area contributed by atoms with Crippen LogP contribution in [0.5, 0.6) is 5.75 Å². The predicted octanol–water partition coefficient (Wildman–Crippen LogP) is 4.02. The number of nitrogens with one attached hydrogen (secondary N) is 1. The maximum Gasteiger partial charge on any atom is 0.120 e. The van der Waals surface area contributed by atoms with Crippen molar-refractivity contribution in [2.45, 2.75) is 57.6 Å². The molecule has 1 aromatic rings. The molecule has 3 atom stereocenters. The first-order valence-electron chi connectivity index (χ1n) is 7.19. The minimum Gasteiger partial charge on any atom is -0.491 e. The summed E-state index contributed by atoms with van der Waals surface area (Å²) in [5.41, 5.74) is 1.31. The van der Waals surface area contributed by atoms with E-state index in [1.807, 2.05) is 6.07 Å². The van der Waals surface area contributed by atoms with E-state index in [0.717, 1.165) is 11.0 Å². The van der Waals surface area contributed by atoms with E-state index in [4.69, 9.17) is 4.74 Å². The molecule has 0 aromatic heterocycles. The summed E-state index contributed by atoms with van der Waals surface area (Å²) in [6.45, 7) is 8.67. The van der Waals surface area contributed by atoms with Gasteiger partial charge in [-0.2, -0.15) is 11.8 Å². The van der Waals surface area contributed by atoms with E-state index in [0.29, 0.717) is 12.1 Å². The summed E-state index contributed by atoms with van der Waals surface area (Å²) in [5.74, 6) is 2.20. The van der Waals surface area contributed by atoms with Crippen LogP contribution in [-0.4, -0.2) is 23.1 Å². The van der Waals surface area contributed by atoms with Crippen molar-refractivity contribution in [3.63, 3.8) is 0 Å². The Hall–Kier alpha value is -0.670. The summed E-state index contributed by atoms with van der Waals surface area (Å²) in [4.78, 5) is 0. The van der Waals surface area contributed by atoms with Crippen molar-refractivity contribution in [2.24, 2.45) is 0 Å². The Morgan fingerprint density at radius 3 is 2.74 bits per heavy atom. The molecule has 19 heavy (non-hydrogen) atoms. The van der Waals surface area contributed by atoms with Crippen LogP contribution in [0.25, 0.3) is 0 Å². The molecule has 1 aliphatic rings. The van der Waals surface area contributed by atoms with Crippen LogP contribution in [0.3, 0.4) is 0 Å². The van der Waals surface area contributed by atoms with Crippen molar-refractivity contribution in [1.29, 1.82) is 0 Å². The Morgan fingerprint density at radius 2 is 2.11 bits per heavy atom. The maximum absolute atomic E-state index is 5.76. The molecule has 0 saturated carbocycles. The van der Waals surface area contributed by atoms with E-state index < -0.39 is 0 Å². The monoisotopic (exact) mass is 279 g/mol. The van der Waals surface area contributed by atoms with E-state index in [1.165, 1.54) is 17.7 Å². The largest absolute Gasteiger partial charge is 0.491 e. The first kappa shape index (κ1) is 14.7. The molecule has 0 radical (unpaired) electrons. The van der Waals surface area contributed by atoms with Gasteiger partial charge in [0.15, 0.2) is 0 Å². The molecule has 0 amide bonds. The van der Waals surface area contributed by atoms with Gasteiger partial charge in [-0.3, -0.25) is 0 Å². The highest BCUT2D eigenvalue weighted by atomic mass is 32.2. The highest BCUT2D eigenvalue weighted by Crippen LogP contribution is 2.28. The Kier molecular flexibility index (Phi) is 5.17. The summed E-state index contributed by atoms with van der Waals surface area (Å²) >= 11 is 2.07. The molecule has 3 unspecified atom stereocenters. The normalized spacial score (nSPS) is 24.7. The van der Waals surface area contributed by atoms with Gasteiger partial charge >= 0.3 is 0 Å². The molecule has 1 heterocycles. The third kappa shape index (κ3) is 4.43. The van der Waals surface area contributed by atoms with E-state index in [1.54, 1.807) is 0 Å². The number of rotatable bonds is 5. The second kappa shape index (κ2) is 6.67. The summed E-state index contributed by atoms with van der Waals surface area (Å²) in [6, 6.07) is 9.47. The molecular formula is C16H25NOS. The van der Waals surface area contributed by atoms with E-state index >= 15 is 0 Å². The number of hydrogen-bond acceptors (Lipinski definition) is 3. The minimum atomic E-state index is 0.227. The molecule has 0 aliphatic carbocycles. The lowest BCUT2D eigenvalue weighted by Gasteiger charge is -2.20. The average molecular weight is 279 g/mol. The van der Waals surface area contributed by atoms with Gasteiger partial charge in [-0.15, -0.1) is 0 Å². The van der Waals surface area contributed by atoms with Crippen LogP contribution in [0.1, 0.15) is 45.7 Å². The first-order valence-corrected chi connectivity index (χ1v) is 8.23. The topological polar surface area (TPSA) is 21.3 Å². The zero-order valence-corrected chi connectivity index (χ0v) is 13.2. The van der Waals surface area contributed by atoms with Crippen LogP contribution in [0.2, 0.25) is 0 Å². The molecule has 1 N–H and O–H groups in total. The van der Waals surface area contributed by atoms with Crippen LogP contribution in [0.15, 0.2) is 24.3 Å². The standard InChI is InChI=1S/C16H25NOS/c1-11(2)18-16-7-5-6-14(9-16)13(4)17-15-8-12(3)19-10-15/h5-7,9,11-13,15,17H,8,10H2,1-4H3. The van der Waals surface area contributed by atoms with Gasteiger partial charge in [0.05, 0.1) is 6.10 Å². The maximum atomic E-state index is 5.76. The van der Waals surface area contributed by atoms with Crippen molar-refractivity contribution >= 4 is 11.8 Å². The van der Waals surface area contributed by atoms with Crippen molar-refractivity contribution < 1.29 is 4.74 Å².